The number of carbonyl (C=O) groups excluding carboxylic acids is 3. The molecule has 10 nitrogen and oxygen atoms in total. The Labute approximate surface area is 157 Å². The van der Waals surface area contributed by atoms with Gasteiger partial charge in [0.1, 0.15) is 12.4 Å². The monoisotopic (exact) mass is 376 g/mol. The summed E-state index contributed by atoms with van der Waals surface area (Å²) in [6.45, 7) is 5.63. The second-order valence-electron chi connectivity index (χ2n) is 7.73. The maximum absolute atomic E-state index is 12.5. The standard InChI is InChI=1S/C17H24N6O4/c1-10(2)15(24)22-7-12-13(8-22)27-17(26)23(12)11-4-5-21(6-11)16(25)14-18-9-20(3)19-14/h9-13H,4-8H2,1-3H3/t11?,12-,13+/m1/s1. The Morgan fingerprint density at radius 3 is 2.67 bits per heavy atom. The predicted molar refractivity (Wildman–Crippen MR) is 92.6 cm³/mol. The zero-order valence-corrected chi connectivity index (χ0v) is 15.7. The largest absolute Gasteiger partial charge is 0.442 e. The van der Waals surface area contributed by atoms with E-state index in [0.29, 0.717) is 32.6 Å². The van der Waals surface area contributed by atoms with Crippen molar-refractivity contribution >= 4 is 17.9 Å². The highest BCUT2D eigenvalue weighted by Crippen LogP contribution is 2.32. The first-order chi connectivity index (χ1) is 12.8. The average Bonchev–Trinajstić information content (AvgIpc) is 3.37. The van der Waals surface area contributed by atoms with Gasteiger partial charge in [-0.15, -0.1) is 5.10 Å². The zero-order chi connectivity index (χ0) is 19.3. The van der Waals surface area contributed by atoms with Gasteiger partial charge in [-0.05, 0) is 6.42 Å². The Bertz CT molecular complexity index is 777. The number of ether oxygens (including phenoxy) is 1. The van der Waals surface area contributed by atoms with Gasteiger partial charge in [-0.2, -0.15) is 0 Å². The van der Waals surface area contributed by atoms with Gasteiger partial charge in [0.15, 0.2) is 0 Å². The van der Waals surface area contributed by atoms with Gasteiger partial charge in [-0.25, -0.2) is 9.78 Å². The van der Waals surface area contributed by atoms with E-state index in [1.807, 2.05) is 13.8 Å². The second-order valence-corrected chi connectivity index (χ2v) is 7.73. The molecule has 146 valence electrons. The smallest absolute Gasteiger partial charge is 0.410 e. The van der Waals surface area contributed by atoms with Crippen molar-refractivity contribution in [1.29, 1.82) is 0 Å². The average molecular weight is 376 g/mol. The molecule has 3 aliphatic rings. The van der Waals surface area contributed by atoms with Crippen LogP contribution in [-0.4, -0.2) is 91.7 Å². The van der Waals surface area contributed by atoms with Gasteiger partial charge in [0.2, 0.25) is 11.7 Å². The number of amides is 3. The third kappa shape index (κ3) is 3.02. The lowest BCUT2D eigenvalue weighted by Crippen LogP contribution is -2.47. The van der Waals surface area contributed by atoms with E-state index in [4.69, 9.17) is 4.74 Å². The molecule has 1 unspecified atom stereocenters. The van der Waals surface area contributed by atoms with E-state index in [9.17, 15) is 14.4 Å². The molecule has 3 fully saturated rings. The summed E-state index contributed by atoms with van der Waals surface area (Å²) in [6.07, 6.45) is 1.52. The van der Waals surface area contributed by atoms with Crippen LogP contribution in [0.3, 0.4) is 0 Å². The van der Waals surface area contributed by atoms with Gasteiger partial charge in [0.05, 0.1) is 18.6 Å². The number of nitrogens with zero attached hydrogens (tertiary/aromatic N) is 6. The van der Waals surface area contributed by atoms with E-state index >= 15 is 0 Å². The van der Waals surface area contributed by atoms with E-state index in [-0.39, 0.29) is 47.8 Å². The molecule has 0 aliphatic carbocycles. The number of hydrogen-bond acceptors (Lipinski definition) is 6. The fraction of sp³-hybridized carbons (Fsp3) is 0.706. The van der Waals surface area contributed by atoms with Gasteiger partial charge >= 0.3 is 6.09 Å². The molecule has 27 heavy (non-hydrogen) atoms. The lowest BCUT2D eigenvalue weighted by atomic mass is 10.1. The predicted octanol–water partition coefficient (Wildman–Crippen LogP) is -0.283. The summed E-state index contributed by atoms with van der Waals surface area (Å²) < 4.78 is 7.00. The maximum atomic E-state index is 12.5. The van der Waals surface area contributed by atoms with Crippen LogP contribution in [0, 0.1) is 5.92 Å². The molecule has 0 saturated carbocycles. The van der Waals surface area contributed by atoms with Gasteiger partial charge in [-0.1, -0.05) is 13.8 Å². The fourth-order valence-electron chi connectivity index (χ4n) is 4.16. The Morgan fingerprint density at radius 2 is 2.00 bits per heavy atom. The molecule has 0 bridgehead atoms. The summed E-state index contributed by atoms with van der Waals surface area (Å²) in [5.41, 5.74) is 0. The molecule has 3 amide bonds. The van der Waals surface area contributed by atoms with Crippen molar-refractivity contribution in [3.63, 3.8) is 0 Å². The molecule has 3 atom stereocenters. The summed E-state index contributed by atoms with van der Waals surface area (Å²) in [5.74, 6) is -0.0804. The fourth-order valence-corrected chi connectivity index (χ4v) is 4.16. The highest BCUT2D eigenvalue weighted by atomic mass is 16.6. The molecular formula is C17H24N6O4. The maximum Gasteiger partial charge on any atom is 0.410 e. The van der Waals surface area contributed by atoms with Crippen molar-refractivity contribution in [2.45, 2.75) is 38.5 Å². The normalized spacial score (nSPS) is 27.5. The molecule has 4 heterocycles. The van der Waals surface area contributed by atoms with Crippen LogP contribution < -0.4 is 0 Å². The highest BCUT2D eigenvalue weighted by molar-refractivity contribution is 5.90. The summed E-state index contributed by atoms with van der Waals surface area (Å²) in [5, 5.41) is 4.06. The molecule has 1 aromatic heterocycles. The van der Waals surface area contributed by atoms with Crippen molar-refractivity contribution in [3.05, 3.63) is 12.2 Å². The SMILES string of the molecule is CC(C)C(=O)N1C[C@@H]2OC(=O)N(C3CCN(C(=O)c4ncn(C)n4)C3)[C@@H]2C1. The first-order valence-electron chi connectivity index (χ1n) is 9.27. The van der Waals surface area contributed by atoms with Crippen molar-refractivity contribution < 1.29 is 19.1 Å². The van der Waals surface area contributed by atoms with Crippen LogP contribution in [0.2, 0.25) is 0 Å². The van der Waals surface area contributed by atoms with Crippen molar-refractivity contribution in [3.8, 4) is 0 Å². The van der Waals surface area contributed by atoms with Crippen LogP contribution in [-0.2, 0) is 16.6 Å². The number of hydrogen-bond donors (Lipinski definition) is 0. The van der Waals surface area contributed by atoms with Crippen LogP contribution in [0.25, 0.3) is 0 Å². The number of fused-ring (bicyclic) bond motifs is 1. The second kappa shape index (κ2) is 6.50. The number of carbonyl (C=O) groups is 3. The minimum Gasteiger partial charge on any atom is -0.442 e. The molecule has 3 saturated heterocycles. The first-order valence-corrected chi connectivity index (χ1v) is 9.27. The van der Waals surface area contributed by atoms with E-state index in [2.05, 4.69) is 10.1 Å². The molecule has 0 spiro atoms. The Balaban J connectivity index is 1.43. The van der Waals surface area contributed by atoms with Crippen LogP contribution in [0.4, 0.5) is 4.79 Å². The van der Waals surface area contributed by atoms with Crippen molar-refractivity contribution in [2.75, 3.05) is 26.2 Å². The molecule has 0 aromatic carbocycles. The van der Waals surface area contributed by atoms with Crippen LogP contribution in [0.15, 0.2) is 6.33 Å². The lowest BCUT2D eigenvalue weighted by Gasteiger charge is -2.28. The minimum absolute atomic E-state index is 0.0739. The zero-order valence-electron chi connectivity index (χ0n) is 15.7. The molecule has 0 N–H and O–H groups in total. The van der Waals surface area contributed by atoms with Gasteiger partial charge < -0.3 is 14.5 Å². The Kier molecular flexibility index (Phi) is 4.27. The highest BCUT2D eigenvalue weighted by Gasteiger charge is 2.52. The quantitative estimate of drug-likeness (QED) is 0.719. The van der Waals surface area contributed by atoms with E-state index in [1.165, 1.54) is 11.0 Å². The van der Waals surface area contributed by atoms with Gasteiger partial charge in [-0.3, -0.25) is 19.2 Å². The first kappa shape index (κ1) is 17.7. The number of rotatable bonds is 3. The number of aryl methyl sites for hydroxylation is 1. The molecule has 4 rings (SSSR count). The van der Waals surface area contributed by atoms with Crippen LogP contribution in [0.1, 0.15) is 30.9 Å². The summed E-state index contributed by atoms with van der Waals surface area (Å²) in [6, 6.07) is -0.262. The molecule has 10 heteroatoms. The number of aromatic nitrogens is 3. The minimum atomic E-state index is -0.350. The molecule has 1 aromatic rings. The molecule has 3 aliphatic heterocycles. The van der Waals surface area contributed by atoms with E-state index in [1.54, 1.807) is 21.7 Å². The van der Waals surface area contributed by atoms with Crippen LogP contribution >= 0.6 is 0 Å². The molecule has 0 radical (unpaired) electrons. The topological polar surface area (TPSA) is 101 Å². The lowest BCUT2D eigenvalue weighted by molar-refractivity contribution is -0.134. The van der Waals surface area contributed by atoms with E-state index in [0.717, 1.165) is 0 Å². The molecular weight excluding hydrogens is 352 g/mol. The summed E-state index contributed by atoms with van der Waals surface area (Å²) in [4.78, 5) is 46.4. The third-order valence-corrected chi connectivity index (χ3v) is 5.50. The van der Waals surface area contributed by atoms with Gasteiger partial charge in [0, 0.05) is 32.6 Å². The number of likely N-dealkylation sites (tertiary alicyclic amines) is 2. The summed E-state index contributed by atoms with van der Waals surface area (Å²) in [7, 11) is 1.71. The van der Waals surface area contributed by atoms with Crippen molar-refractivity contribution in [2.24, 2.45) is 13.0 Å². The van der Waals surface area contributed by atoms with Gasteiger partial charge in [0.25, 0.3) is 5.91 Å². The van der Waals surface area contributed by atoms with E-state index < -0.39 is 0 Å². The van der Waals surface area contributed by atoms with Crippen molar-refractivity contribution in [1.82, 2.24) is 29.5 Å². The summed E-state index contributed by atoms with van der Waals surface area (Å²) >= 11 is 0. The Morgan fingerprint density at radius 1 is 1.22 bits per heavy atom. The Hall–Kier alpha value is -2.65. The van der Waals surface area contributed by atoms with Crippen LogP contribution in [0.5, 0.6) is 0 Å². The third-order valence-electron chi connectivity index (χ3n) is 5.50.